The molecule has 0 saturated carbocycles. The highest BCUT2D eigenvalue weighted by Gasteiger charge is 2.25. The minimum Gasteiger partial charge on any atom is -0.353 e. The third-order valence-electron chi connectivity index (χ3n) is 3.37. The molecule has 1 atom stereocenters. The van der Waals surface area contributed by atoms with E-state index in [0.29, 0.717) is 6.04 Å². The third kappa shape index (κ3) is 2.53. The molecule has 0 aliphatic carbocycles. The highest BCUT2D eigenvalue weighted by molar-refractivity contribution is 7.71. The summed E-state index contributed by atoms with van der Waals surface area (Å²) in [5.74, 6) is 0. The Balaban J connectivity index is 2.14. The van der Waals surface area contributed by atoms with E-state index in [1.54, 1.807) is 0 Å². The summed E-state index contributed by atoms with van der Waals surface area (Å²) < 4.78 is 0.913. The molecule has 0 amide bonds. The minimum atomic E-state index is 0.552. The minimum absolute atomic E-state index is 0.552. The lowest BCUT2D eigenvalue weighted by molar-refractivity contribution is 0.252. The van der Waals surface area contributed by atoms with Crippen LogP contribution < -0.4 is 0 Å². The maximum absolute atomic E-state index is 5.37. The SMILES string of the molecule is CCCCN1CCC[C@@H]1c1ccc[nH]c1=S. The van der Waals surface area contributed by atoms with Crippen LogP contribution in [0.2, 0.25) is 0 Å². The molecule has 0 bridgehead atoms. The number of unbranched alkanes of at least 4 members (excludes halogenated alkanes) is 1. The predicted octanol–water partition coefficient (Wildman–Crippen LogP) is 3.68. The maximum Gasteiger partial charge on any atom is 0.108 e. The van der Waals surface area contributed by atoms with E-state index < -0.39 is 0 Å². The number of rotatable bonds is 4. The third-order valence-corrected chi connectivity index (χ3v) is 3.72. The van der Waals surface area contributed by atoms with Crippen molar-refractivity contribution in [1.29, 1.82) is 0 Å². The van der Waals surface area contributed by atoms with Crippen LogP contribution in [0.5, 0.6) is 0 Å². The van der Waals surface area contributed by atoms with Crippen LogP contribution >= 0.6 is 12.2 Å². The number of hydrogen-bond acceptors (Lipinski definition) is 2. The smallest absolute Gasteiger partial charge is 0.108 e. The highest BCUT2D eigenvalue weighted by Crippen LogP contribution is 2.31. The van der Waals surface area contributed by atoms with Crippen molar-refractivity contribution in [2.24, 2.45) is 0 Å². The molecule has 1 N–H and O–H groups in total. The molecule has 1 saturated heterocycles. The number of hydrogen-bond donors (Lipinski definition) is 1. The van der Waals surface area contributed by atoms with Crippen molar-refractivity contribution in [3.05, 3.63) is 28.5 Å². The lowest BCUT2D eigenvalue weighted by atomic mass is 10.1. The molecule has 1 fully saturated rings. The van der Waals surface area contributed by atoms with E-state index in [9.17, 15) is 0 Å². The van der Waals surface area contributed by atoms with Gasteiger partial charge in [-0.25, -0.2) is 0 Å². The Labute approximate surface area is 103 Å². The zero-order chi connectivity index (χ0) is 11.4. The van der Waals surface area contributed by atoms with Gasteiger partial charge in [0.05, 0.1) is 0 Å². The molecule has 1 aromatic rings. The van der Waals surface area contributed by atoms with Gasteiger partial charge in [0, 0.05) is 17.8 Å². The fourth-order valence-electron chi connectivity index (χ4n) is 2.50. The number of pyridine rings is 1. The summed E-state index contributed by atoms with van der Waals surface area (Å²) in [5.41, 5.74) is 1.31. The van der Waals surface area contributed by atoms with Gasteiger partial charge in [0.25, 0.3) is 0 Å². The van der Waals surface area contributed by atoms with Gasteiger partial charge in [0.15, 0.2) is 0 Å². The molecule has 0 radical (unpaired) electrons. The Bertz CT molecular complexity index is 386. The van der Waals surface area contributed by atoms with Gasteiger partial charge in [-0.15, -0.1) is 0 Å². The van der Waals surface area contributed by atoms with E-state index in [1.165, 1.54) is 44.3 Å². The van der Waals surface area contributed by atoms with Crippen LogP contribution in [0.1, 0.15) is 44.2 Å². The van der Waals surface area contributed by atoms with E-state index in [-0.39, 0.29) is 0 Å². The first kappa shape index (κ1) is 11.8. The lowest BCUT2D eigenvalue weighted by Gasteiger charge is -2.24. The average Bonchev–Trinajstić information content (AvgIpc) is 2.75. The second-order valence-corrected chi connectivity index (χ2v) is 4.91. The monoisotopic (exact) mass is 236 g/mol. The van der Waals surface area contributed by atoms with Gasteiger partial charge in [-0.1, -0.05) is 31.6 Å². The Morgan fingerprint density at radius 1 is 1.56 bits per heavy atom. The molecular weight excluding hydrogens is 216 g/mol. The van der Waals surface area contributed by atoms with Gasteiger partial charge in [-0.05, 0) is 38.4 Å². The van der Waals surface area contributed by atoms with Gasteiger partial charge in [-0.3, -0.25) is 4.90 Å². The predicted molar refractivity (Wildman–Crippen MR) is 70.1 cm³/mol. The summed E-state index contributed by atoms with van der Waals surface area (Å²) in [6.45, 7) is 4.69. The topological polar surface area (TPSA) is 19.0 Å². The standard InChI is InChI=1S/C13H20N2S/c1-2-3-9-15-10-5-7-12(15)11-6-4-8-14-13(11)16/h4,6,8,12H,2-3,5,7,9-10H2,1H3,(H,14,16)/t12-/m1/s1. The normalized spacial score (nSPS) is 21.4. The molecule has 88 valence electrons. The van der Waals surface area contributed by atoms with Crippen LogP contribution in [0, 0.1) is 4.64 Å². The molecule has 0 unspecified atom stereocenters. The van der Waals surface area contributed by atoms with Crippen LogP contribution in [0.3, 0.4) is 0 Å². The van der Waals surface area contributed by atoms with E-state index in [4.69, 9.17) is 12.2 Å². The number of aromatic amines is 1. The fraction of sp³-hybridized carbons (Fsp3) is 0.615. The first-order chi connectivity index (χ1) is 7.83. The largest absolute Gasteiger partial charge is 0.353 e. The summed E-state index contributed by atoms with van der Waals surface area (Å²) in [4.78, 5) is 5.73. The zero-order valence-corrected chi connectivity index (χ0v) is 10.7. The molecule has 0 spiro atoms. The maximum atomic E-state index is 5.37. The lowest BCUT2D eigenvalue weighted by Crippen LogP contribution is -2.24. The molecule has 1 aliphatic heterocycles. The molecule has 3 heteroatoms. The molecule has 2 nitrogen and oxygen atoms in total. The second-order valence-electron chi connectivity index (χ2n) is 4.50. The molecule has 0 aromatic carbocycles. The van der Waals surface area contributed by atoms with E-state index in [2.05, 4.69) is 28.9 Å². The number of nitrogens with zero attached hydrogens (tertiary/aromatic N) is 1. The quantitative estimate of drug-likeness (QED) is 0.804. The zero-order valence-electron chi connectivity index (χ0n) is 9.91. The molecule has 16 heavy (non-hydrogen) atoms. The summed E-state index contributed by atoms with van der Waals surface area (Å²) in [6, 6.07) is 4.78. The Morgan fingerprint density at radius 2 is 2.44 bits per heavy atom. The van der Waals surface area contributed by atoms with Crippen LogP contribution in [-0.2, 0) is 0 Å². The van der Waals surface area contributed by atoms with Crippen molar-refractivity contribution >= 4 is 12.2 Å². The van der Waals surface area contributed by atoms with Crippen LogP contribution in [0.15, 0.2) is 18.3 Å². The number of likely N-dealkylation sites (tertiary alicyclic amines) is 1. The van der Waals surface area contributed by atoms with E-state index in [1.807, 2.05) is 6.20 Å². The van der Waals surface area contributed by atoms with Gasteiger partial charge in [0.2, 0.25) is 0 Å². The average molecular weight is 236 g/mol. The van der Waals surface area contributed by atoms with Gasteiger partial charge in [0.1, 0.15) is 4.64 Å². The Hall–Kier alpha value is -0.670. The van der Waals surface area contributed by atoms with Crippen molar-refractivity contribution in [2.45, 2.75) is 38.6 Å². The van der Waals surface area contributed by atoms with Crippen molar-refractivity contribution < 1.29 is 0 Å². The number of aromatic nitrogens is 1. The number of nitrogens with one attached hydrogen (secondary N) is 1. The van der Waals surface area contributed by atoms with Crippen molar-refractivity contribution in [2.75, 3.05) is 13.1 Å². The van der Waals surface area contributed by atoms with Crippen molar-refractivity contribution in [3.63, 3.8) is 0 Å². The van der Waals surface area contributed by atoms with Crippen LogP contribution in [-0.4, -0.2) is 23.0 Å². The summed E-state index contributed by atoms with van der Waals surface area (Å²) in [6.07, 6.45) is 7.03. The second kappa shape index (κ2) is 5.60. The van der Waals surface area contributed by atoms with Crippen LogP contribution in [0.4, 0.5) is 0 Å². The Kier molecular flexibility index (Phi) is 4.13. The van der Waals surface area contributed by atoms with Crippen LogP contribution in [0.25, 0.3) is 0 Å². The molecule has 1 aromatic heterocycles. The Morgan fingerprint density at radius 3 is 3.19 bits per heavy atom. The van der Waals surface area contributed by atoms with Crippen molar-refractivity contribution in [1.82, 2.24) is 9.88 Å². The van der Waals surface area contributed by atoms with E-state index in [0.717, 1.165) is 4.64 Å². The molecule has 2 heterocycles. The summed E-state index contributed by atoms with van der Waals surface area (Å²) in [5, 5.41) is 0. The van der Waals surface area contributed by atoms with Gasteiger partial charge >= 0.3 is 0 Å². The first-order valence-electron chi connectivity index (χ1n) is 6.24. The van der Waals surface area contributed by atoms with Gasteiger partial charge < -0.3 is 4.98 Å². The molecule has 2 rings (SSSR count). The highest BCUT2D eigenvalue weighted by atomic mass is 32.1. The summed E-state index contributed by atoms with van der Waals surface area (Å²) in [7, 11) is 0. The van der Waals surface area contributed by atoms with Gasteiger partial charge in [-0.2, -0.15) is 0 Å². The first-order valence-corrected chi connectivity index (χ1v) is 6.65. The fourth-order valence-corrected chi connectivity index (χ4v) is 2.78. The molecular formula is C13H20N2S. The van der Waals surface area contributed by atoms with E-state index >= 15 is 0 Å². The molecule has 1 aliphatic rings. The number of H-pyrrole nitrogens is 1. The van der Waals surface area contributed by atoms with Crippen molar-refractivity contribution in [3.8, 4) is 0 Å². The summed E-state index contributed by atoms with van der Waals surface area (Å²) >= 11 is 5.37.